The summed E-state index contributed by atoms with van der Waals surface area (Å²) in [6.45, 7) is 1.20. The molecule has 2 N–H and O–H groups in total. The fraction of sp³-hybridized carbons (Fsp3) is 0.267. The van der Waals surface area contributed by atoms with Crippen LogP contribution in [-0.2, 0) is 19.1 Å². The summed E-state index contributed by atoms with van der Waals surface area (Å²) in [5.41, 5.74) is 0.430. The SMILES string of the molecule is COC(=O)CC(=N)C(C(C)=O)C(=O)Nc1nc2ccccc2s1. The van der Waals surface area contributed by atoms with Crippen molar-refractivity contribution in [2.75, 3.05) is 12.4 Å². The summed E-state index contributed by atoms with van der Waals surface area (Å²) in [6, 6.07) is 7.36. The molecule has 0 spiro atoms. The Kier molecular flexibility index (Phi) is 5.17. The first kappa shape index (κ1) is 16.8. The lowest BCUT2D eigenvalue weighted by atomic mass is 9.96. The number of fused-ring (bicyclic) bond motifs is 1. The van der Waals surface area contributed by atoms with Gasteiger partial charge >= 0.3 is 5.97 Å². The topological polar surface area (TPSA) is 109 Å². The van der Waals surface area contributed by atoms with E-state index in [4.69, 9.17) is 5.41 Å². The van der Waals surface area contributed by atoms with Gasteiger partial charge in [-0.05, 0) is 19.1 Å². The lowest BCUT2D eigenvalue weighted by molar-refractivity contribution is -0.139. The second-order valence-corrected chi connectivity index (χ2v) is 5.83. The fourth-order valence-electron chi connectivity index (χ4n) is 2.02. The highest BCUT2D eigenvalue weighted by Crippen LogP contribution is 2.25. The van der Waals surface area contributed by atoms with Crippen molar-refractivity contribution in [3.63, 3.8) is 0 Å². The van der Waals surface area contributed by atoms with Crippen molar-refractivity contribution in [3.05, 3.63) is 24.3 Å². The predicted molar refractivity (Wildman–Crippen MR) is 86.8 cm³/mol. The van der Waals surface area contributed by atoms with Crippen LogP contribution < -0.4 is 5.32 Å². The number of thiazole rings is 1. The number of nitrogens with zero attached hydrogens (tertiary/aromatic N) is 1. The maximum absolute atomic E-state index is 12.3. The van der Waals surface area contributed by atoms with Crippen molar-refractivity contribution in [2.45, 2.75) is 13.3 Å². The third-order valence-electron chi connectivity index (χ3n) is 3.10. The predicted octanol–water partition coefficient (Wildman–Crippen LogP) is 2.02. The molecule has 0 aliphatic rings. The largest absolute Gasteiger partial charge is 0.469 e. The second kappa shape index (κ2) is 7.10. The zero-order chi connectivity index (χ0) is 17.0. The Morgan fingerprint density at radius 2 is 2.04 bits per heavy atom. The van der Waals surface area contributed by atoms with Gasteiger partial charge < -0.3 is 15.5 Å². The molecule has 0 bridgehead atoms. The molecular weight excluding hydrogens is 318 g/mol. The third kappa shape index (κ3) is 3.98. The molecule has 0 radical (unpaired) electrons. The van der Waals surface area contributed by atoms with Gasteiger partial charge in [0.15, 0.2) is 5.13 Å². The summed E-state index contributed by atoms with van der Waals surface area (Å²) in [6.07, 6.45) is -0.409. The van der Waals surface area contributed by atoms with Crippen LogP contribution >= 0.6 is 11.3 Å². The Bertz CT molecular complexity index is 751. The highest BCUT2D eigenvalue weighted by atomic mass is 32.1. The molecule has 1 aromatic carbocycles. The van der Waals surface area contributed by atoms with Crippen molar-refractivity contribution in [3.8, 4) is 0 Å². The van der Waals surface area contributed by atoms with E-state index in [1.807, 2.05) is 24.3 Å². The van der Waals surface area contributed by atoms with Crippen LogP contribution in [0.5, 0.6) is 0 Å². The van der Waals surface area contributed by atoms with Gasteiger partial charge in [0.2, 0.25) is 5.91 Å². The van der Waals surface area contributed by atoms with Crippen LogP contribution in [0.25, 0.3) is 10.2 Å². The van der Waals surface area contributed by atoms with Gasteiger partial charge in [-0.3, -0.25) is 14.4 Å². The van der Waals surface area contributed by atoms with Gasteiger partial charge in [-0.15, -0.1) is 0 Å². The molecular formula is C15H15N3O4S. The normalized spacial score (nSPS) is 11.7. The smallest absolute Gasteiger partial charge is 0.311 e. The lowest BCUT2D eigenvalue weighted by Crippen LogP contribution is -2.35. The Morgan fingerprint density at radius 1 is 1.35 bits per heavy atom. The van der Waals surface area contributed by atoms with Crippen LogP contribution in [0.1, 0.15) is 13.3 Å². The van der Waals surface area contributed by atoms with E-state index in [-0.39, 0.29) is 5.71 Å². The van der Waals surface area contributed by atoms with Crippen molar-refractivity contribution >= 4 is 50.1 Å². The van der Waals surface area contributed by atoms with Crippen molar-refractivity contribution in [1.82, 2.24) is 4.98 Å². The molecule has 0 aliphatic heterocycles. The molecule has 1 aromatic heterocycles. The first-order valence-corrected chi connectivity index (χ1v) is 7.55. The number of ketones is 1. The summed E-state index contributed by atoms with van der Waals surface area (Å²) in [5.74, 6) is -3.20. The van der Waals surface area contributed by atoms with Gasteiger partial charge in [0.05, 0.1) is 23.7 Å². The number of ether oxygens (including phenoxy) is 1. The van der Waals surface area contributed by atoms with Gasteiger partial charge in [0.1, 0.15) is 11.7 Å². The Hall–Kier alpha value is -2.61. The van der Waals surface area contributed by atoms with E-state index in [1.165, 1.54) is 25.4 Å². The Balaban J connectivity index is 2.16. The monoisotopic (exact) mass is 333 g/mol. The number of benzene rings is 1. The number of carbonyl (C=O) groups excluding carboxylic acids is 3. The first-order valence-electron chi connectivity index (χ1n) is 6.73. The van der Waals surface area contributed by atoms with Gasteiger partial charge in [-0.2, -0.15) is 0 Å². The van der Waals surface area contributed by atoms with Crippen LogP contribution in [0.2, 0.25) is 0 Å². The van der Waals surface area contributed by atoms with E-state index in [9.17, 15) is 14.4 Å². The van der Waals surface area contributed by atoms with Gasteiger partial charge in [-0.25, -0.2) is 4.98 Å². The quantitative estimate of drug-likeness (QED) is 0.477. The highest BCUT2D eigenvalue weighted by molar-refractivity contribution is 7.22. The van der Waals surface area contributed by atoms with Gasteiger partial charge in [-0.1, -0.05) is 23.5 Å². The summed E-state index contributed by atoms with van der Waals surface area (Å²) in [5, 5.41) is 10.7. The number of hydrogen-bond donors (Lipinski definition) is 2. The summed E-state index contributed by atoms with van der Waals surface area (Å²) >= 11 is 1.27. The molecule has 1 atom stereocenters. The highest BCUT2D eigenvalue weighted by Gasteiger charge is 2.30. The standard InChI is InChI=1S/C15H15N3O4S/c1-8(19)13(9(16)7-12(20)22-2)14(21)18-15-17-10-5-3-4-6-11(10)23-15/h3-6,13,16H,7H2,1-2H3,(H,17,18,21). The van der Waals surface area contributed by atoms with Crippen LogP contribution in [0.3, 0.4) is 0 Å². The molecule has 0 aliphatic carbocycles. The average Bonchev–Trinajstić information content (AvgIpc) is 2.88. The molecule has 1 amide bonds. The molecule has 0 fully saturated rings. The molecule has 120 valence electrons. The van der Waals surface area contributed by atoms with Crippen LogP contribution in [0, 0.1) is 11.3 Å². The number of esters is 1. The van der Waals surface area contributed by atoms with Crippen LogP contribution in [0.15, 0.2) is 24.3 Å². The number of para-hydroxylation sites is 1. The second-order valence-electron chi connectivity index (χ2n) is 4.80. The van der Waals surface area contributed by atoms with E-state index in [0.717, 1.165) is 10.2 Å². The van der Waals surface area contributed by atoms with E-state index < -0.39 is 30.0 Å². The number of hydrogen-bond acceptors (Lipinski definition) is 7. The van der Waals surface area contributed by atoms with Gasteiger partial charge in [0, 0.05) is 5.71 Å². The summed E-state index contributed by atoms with van der Waals surface area (Å²) in [4.78, 5) is 39.4. The molecule has 0 saturated carbocycles. The van der Waals surface area contributed by atoms with Crippen molar-refractivity contribution < 1.29 is 19.1 Å². The Labute approximate surface area is 136 Å². The number of nitrogens with one attached hydrogen (secondary N) is 2. The van der Waals surface area contributed by atoms with E-state index in [1.54, 1.807) is 0 Å². The lowest BCUT2D eigenvalue weighted by Gasteiger charge is -2.13. The number of anilines is 1. The minimum Gasteiger partial charge on any atom is -0.469 e. The molecule has 1 unspecified atom stereocenters. The maximum Gasteiger partial charge on any atom is 0.311 e. The molecule has 23 heavy (non-hydrogen) atoms. The Morgan fingerprint density at radius 3 is 2.65 bits per heavy atom. The molecule has 7 nitrogen and oxygen atoms in total. The molecule has 0 saturated heterocycles. The van der Waals surface area contributed by atoms with Crippen LogP contribution in [-0.4, -0.2) is 35.5 Å². The fourth-order valence-corrected chi connectivity index (χ4v) is 2.89. The number of methoxy groups -OCH3 is 1. The molecule has 2 aromatic rings. The summed E-state index contributed by atoms with van der Waals surface area (Å²) in [7, 11) is 1.18. The molecule has 2 rings (SSSR count). The van der Waals surface area contributed by atoms with E-state index in [0.29, 0.717) is 5.13 Å². The zero-order valence-electron chi connectivity index (χ0n) is 12.6. The van der Waals surface area contributed by atoms with Crippen molar-refractivity contribution in [2.24, 2.45) is 5.92 Å². The van der Waals surface area contributed by atoms with E-state index >= 15 is 0 Å². The average molecular weight is 333 g/mol. The number of Topliss-reactive ketones (excluding diaryl/α,β-unsaturated/α-hetero) is 1. The number of aromatic nitrogens is 1. The zero-order valence-corrected chi connectivity index (χ0v) is 13.4. The first-order chi connectivity index (χ1) is 10.9. The third-order valence-corrected chi connectivity index (χ3v) is 4.06. The number of carbonyl (C=O) groups is 3. The number of rotatable bonds is 6. The maximum atomic E-state index is 12.3. The van der Waals surface area contributed by atoms with Crippen molar-refractivity contribution in [1.29, 1.82) is 5.41 Å². The molecule has 1 heterocycles. The summed E-state index contributed by atoms with van der Waals surface area (Å²) < 4.78 is 5.35. The van der Waals surface area contributed by atoms with Crippen LogP contribution in [0.4, 0.5) is 5.13 Å². The minimum atomic E-state index is -1.33. The van der Waals surface area contributed by atoms with Gasteiger partial charge in [0.25, 0.3) is 0 Å². The molecule has 8 heteroatoms. The van der Waals surface area contributed by atoms with E-state index in [2.05, 4.69) is 15.0 Å². The minimum absolute atomic E-state index is 0.303. The number of amides is 1.